The number of ether oxygens (including phenoxy) is 1. The summed E-state index contributed by atoms with van der Waals surface area (Å²) in [5, 5.41) is 0. The zero-order chi connectivity index (χ0) is 15.6. The van der Waals surface area contributed by atoms with Gasteiger partial charge in [-0.15, -0.1) is 0 Å². The van der Waals surface area contributed by atoms with Crippen LogP contribution in [0.5, 0.6) is 0 Å². The van der Waals surface area contributed by atoms with Crippen molar-refractivity contribution in [2.75, 3.05) is 39.0 Å². The van der Waals surface area contributed by atoms with E-state index in [-0.39, 0.29) is 18.3 Å². The van der Waals surface area contributed by atoms with E-state index in [1.54, 1.807) is 0 Å². The number of sulfonamides is 1. The minimum Gasteiger partial charge on any atom is -0.398 e. The molecule has 1 heterocycles. The second-order valence-electron chi connectivity index (χ2n) is 4.91. The van der Waals surface area contributed by atoms with E-state index in [9.17, 15) is 12.8 Å². The van der Waals surface area contributed by atoms with Crippen LogP contribution in [0.25, 0.3) is 0 Å². The van der Waals surface area contributed by atoms with Crippen LogP contribution in [0, 0.1) is 5.82 Å². The Labute approximate surface area is 131 Å². The van der Waals surface area contributed by atoms with Crippen molar-refractivity contribution in [3.05, 3.63) is 22.4 Å². The first-order chi connectivity index (χ1) is 9.79. The van der Waals surface area contributed by atoms with Crippen molar-refractivity contribution in [2.24, 2.45) is 0 Å². The largest absolute Gasteiger partial charge is 0.398 e. The molecule has 1 unspecified atom stereocenters. The normalized spacial score (nSPS) is 20.6. The van der Waals surface area contributed by atoms with Crippen LogP contribution in [0.1, 0.15) is 0 Å². The third-order valence-electron chi connectivity index (χ3n) is 3.18. The Kier molecular flexibility index (Phi) is 5.20. The van der Waals surface area contributed by atoms with Crippen LogP contribution >= 0.6 is 15.9 Å². The van der Waals surface area contributed by atoms with Gasteiger partial charge in [0.1, 0.15) is 10.7 Å². The molecule has 1 aromatic carbocycles. The Morgan fingerprint density at radius 1 is 1.57 bits per heavy atom. The van der Waals surface area contributed by atoms with Crippen LogP contribution in [0.4, 0.5) is 10.1 Å². The van der Waals surface area contributed by atoms with Crippen molar-refractivity contribution in [3.63, 3.8) is 0 Å². The molecular formula is C12H17BrFN3O3S. The van der Waals surface area contributed by atoms with Gasteiger partial charge in [-0.2, -0.15) is 0 Å². The van der Waals surface area contributed by atoms with E-state index in [2.05, 4.69) is 20.7 Å². The summed E-state index contributed by atoms with van der Waals surface area (Å²) in [6, 6.07) is 2.13. The first-order valence-electron chi connectivity index (χ1n) is 6.34. The molecule has 6 nitrogen and oxygen atoms in total. The molecular weight excluding hydrogens is 365 g/mol. The Morgan fingerprint density at radius 2 is 2.29 bits per heavy atom. The SMILES string of the molecule is CN1CCOC(CNS(=O)(=O)c2cc(N)c(Br)cc2F)C1. The maximum atomic E-state index is 13.8. The first-order valence-corrected chi connectivity index (χ1v) is 8.61. The van der Waals surface area contributed by atoms with Gasteiger partial charge >= 0.3 is 0 Å². The number of nitrogens with two attached hydrogens (primary N) is 1. The van der Waals surface area contributed by atoms with Gasteiger partial charge in [0.2, 0.25) is 10.0 Å². The number of hydrogen-bond donors (Lipinski definition) is 2. The molecule has 1 saturated heterocycles. The summed E-state index contributed by atoms with van der Waals surface area (Å²) < 4.78 is 46.2. The average Bonchev–Trinajstić information content (AvgIpc) is 2.41. The maximum absolute atomic E-state index is 13.8. The summed E-state index contributed by atoms with van der Waals surface area (Å²) >= 11 is 3.05. The fourth-order valence-electron chi connectivity index (χ4n) is 2.02. The summed E-state index contributed by atoms with van der Waals surface area (Å²) in [6.45, 7) is 2.05. The molecule has 0 spiro atoms. The number of morpholine rings is 1. The predicted molar refractivity (Wildman–Crippen MR) is 80.9 cm³/mol. The van der Waals surface area contributed by atoms with Crippen molar-refractivity contribution in [1.82, 2.24) is 9.62 Å². The van der Waals surface area contributed by atoms with Gasteiger partial charge in [0.15, 0.2) is 0 Å². The standard InChI is InChI=1S/C12H17BrFN3O3S/c1-17-2-3-20-8(7-17)6-16-21(18,19)12-5-11(15)9(13)4-10(12)14/h4-5,8,16H,2-3,6-7,15H2,1H3. The van der Waals surface area contributed by atoms with E-state index in [0.29, 0.717) is 17.6 Å². The molecule has 9 heteroatoms. The quantitative estimate of drug-likeness (QED) is 0.752. The van der Waals surface area contributed by atoms with Crippen molar-refractivity contribution < 1.29 is 17.5 Å². The van der Waals surface area contributed by atoms with E-state index >= 15 is 0 Å². The monoisotopic (exact) mass is 381 g/mol. The molecule has 2 rings (SSSR count). The third-order valence-corrected chi connectivity index (χ3v) is 5.31. The molecule has 3 N–H and O–H groups in total. The van der Waals surface area contributed by atoms with Gasteiger partial charge in [-0.25, -0.2) is 17.5 Å². The number of benzene rings is 1. The lowest BCUT2D eigenvalue weighted by Crippen LogP contribution is -2.45. The van der Waals surface area contributed by atoms with Gasteiger partial charge in [0, 0.05) is 29.8 Å². The van der Waals surface area contributed by atoms with Gasteiger partial charge in [-0.1, -0.05) is 0 Å². The number of nitrogens with one attached hydrogen (secondary N) is 1. The summed E-state index contributed by atoms with van der Waals surface area (Å²) in [6.07, 6.45) is -0.255. The topological polar surface area (TPSA) is 84.7 Å². The van der Waals surface area contributed by atoms with E-state index in [1.165, 1.54) is 0 Å². The van der Waals surface area contributed by atoms with Crippen LogP contribution in [-0.4, -0.2) is 52.7 Å². The summed E-state index contributed by atoms with van der Waals surface area (Å²) in [7, 11) is -2.04. The smallest absolute Gasteiger partial charge is 0.243 e. The lowest BCUT2D eigenvalue weighted by atomic mass is 10.3. The lowest BCUT2D eigenvalue weighted by Gasteiger charge is -2.30. The summed E-state index contributed by atoms with van der Waals surface area (Å²) in [4.78, 5) is 1.58. The van der Waals surface area contributed by atoms with Crippen molar-refractivity contribution >= 4 is 31.6 Å². The Balaban J connectivity index is 2.10. The number of nitrogen functional groups attached to an aromatic ring is 1. The molecule has 0 aromatic heterocycles. The average molecular weight is 382 g/mol. The second kappa shape index (κ2) is 6.57. The molecule has 21 heavy (non-hydrogen) atoms. The number of anilines is 1. The molecule has 0 radical (unpaired) electrons. The number of halogens is 2. The maximum Gasteiger partial charge on any atom is 0.243 e. The van der Waals surface area contributed by atoms with E-state index in [1.807, 2.05) is 11.9 Å². The molecule has 1 aliphatic heterocycles. The van der Waals surface area contributed by atoms with Gasteiger partial charge in [0.25, 0.3) is 0 Å². The highest BCUT2D eigenvalue weighted by Crippen LogP contribution is 2.25. The molecule has 1 fully saturated rings. The van der Waals surface area contributed by atoms with Gasteiger partial charge in [0.05, 0.1) is 12.7 Å². The highest BCUT2D eigenvalue weighted by atomic mass is 79.9. The van der Waals surface area contributed by atoms with Gasteiger partial charge in [-0.3, -0.25) is 0 Å². The minimum absolute atomic E-state index is 0.0854. The second-order valence-corrected chi connectivity index (χ2v) is 7.50. The van der Waals surface area contributed by atoms with Crippen LogP contribution in [-0.2, 0) is 14.8 Å². The number of likely N-dealkylation sites (N-methyl/N-ethyl adjacent to an activating group) is 1. The van der Waals surface area contributed by atoms with Crippen LogP contribution in [0.3, 0.4) is 0 Å². The number of hydrogen-bond acceptors (Lipinski definition) is 5. The molecule has 1 aromatic rings. The van der Waals surface area contributed by atoms with Gasteiger partial charge < -0.3 is 15.4 Å². The first kappa shape index (κ1) is 16.6. The summed E-state index contributed by atoms with van der Waals surface area (Å²) in [5.74, 6) is -0.856. The molecule has 118 valence electrons. The molecule has 0 aliphatic carbocycles. The van der Waals surface area contributed by atoms with E-state index < -0.39 is 20.7 Å². The lowest BCUT2D eigenvalue weighted by molar-refractivity contribution is -0.0156. The van der Waals surface area contributed by atoms with Crippen LogP contribution in [0.2, 0.25) is 0 Å². The highest BCUT2D eigenvalue weighted by molar-refractivity contribution is 9.10. The number of rotatable bonds is 4. The van der Waals surface area contributed by atoms with Crippen molar-refractivity contribution in [1.29, 1.82) is 0 Å². The summed E-state index contributed by atoms with van der Waals surface area (Å²) in [5.41, 5.74) is 5.76. The van der Waals surface area contributed by atoms with E-state index in [4.69, 9.17) is 10.5 Å². The zero-order valence-corrected chi connectivity index (χ0v) is 13.9. The zero-order valence-electron chi connectivity index (χ0n) is 11.5. The highest BCUT2D eigenvalue weighted by Gasteiger charge is 2.24. The van der Waals surface area contributed by atoms with E-state index in [0.717, 1.165) is 18.7 Å². The molecule has 1 atom stereocenters. The van der Waals surface area contributed by atoms with Crippen molar-refractivity contribution in [3.8, 4) is 0 Å². The molecule has 0 saturated carbocycles. The molecule has 0 amide bonds. The third kappa shape index (κ3) is 4.13. The molecule has 1 aliphatic rings. The Morgan fingerprint density at radius 3 is 2.95 bits per heavy atom. The predicted octanol–water partition coefficient (Wildman–Crippen LogP) is 0.779. The van der Waals surface area contributed by atoms with Gasteiger partial charge in [-0.05, 0) is 35.1 Å². The Bertz CT molecular complexity index is 626. The van der Waals surface area contributed by atoms with Crippen LogP contribution < -0.4 is 10.5 Å². The van der Waals surface area contributed by atoms with Crippen LogP contribution in [0.15, 0.2) is 21.5 Å². The molecule has 0 bridgehead atoms. The minimum atomic E-state index is -3.97. The Hall–Kier alpha value is -0.740. The number of nitrogens with zero attached hydrogens (tertiary/aromatic N) is 1. The van der Waals surface area contributed by atoms with Crippen molar-refractivity contribution in [2.45, 2.75) is 11.0 Å². The fourth-order valence-corrected chi connectivity index (χ4v) is 3.50. The fraction of sp³-hybridized carbons (Fsp3) is 0.500.